The van der Waals surface area contributed by atoms with Gasteiger partial charge in [-0.15, -0.1) is 6.42 Å². The van der Waals surface area contributed by atoms with Crippen LogP contribution in [-0.2, 0) is 4.74 Å². The van der Waals surface area contributed by atoms with Crippen molar-refractivity contribution in [3.8, 4) is 12.3 Å². The third-order valence-electron chi connectivity index (χ3n) is 1.45. The van der Waals surface area contributed by atoms with E-state index in [2.05, 4.69) is 10.7 Å². The molecule has 0 aliphatic heterocycles. The first kappa shape index (κ1) is 8.35. The molecule has 1 rings (SSSR count). The van der Waals surface area contributed by atoms with Crippen LogP contribution in [0.2, 0.25) is 0 Å². The van der Waals surface area contributed by atoms with Crippen LogP contribution < -0.4 is 0 Å². The summed E-state index contributed by atoms with van der Waals surface area (Å²) < 4.78 is 4.53. The number of carbonyl (C=O) groups excluding carboxylic acids is 1. The van der Waals surface area contributed by atoms with Gasteiger partial charge >= 0.3 is 5.97 Å². The molecule has 2 nitrogen and oxygen atoms in total. The Bertz CT molecular complexity index is 334. The maximum Gasteiger partial charge on any atom is 0.337 e. The first-order valence-electron chi connectivity index (χ1n) is 3.43. The Labute approximate surface area is 71.2 Å². The van der Waals surface area contributed by atoms with E-state index < -0.39 is 0 Å². The predicted molar refractivity (Wildman–Crippen MR) is 45.7 cm³/mol. The second-order valence-electron chi connectivity index (χ2n) is 2.22. The van der Waals surface area contributed by atoms with Crippen LogP contribution in [0.1, 0.15) is 15.9 Å². The molecule has 0 heterocycles. The van der Waals surface area contributed by atoms with Crippen molar-refractivity contribution >= 4 is 5.97 Å². The van der Waals surface area contributed by atoms with Gasteiger partial charge in [-0.1, -0.05) is 12.0 Å². The van der Waals surface area contributed by atoms with Crippen LogP contribution in [0, 0.1) is 12.3 Å². The highest BCUT2D eigenvalue weighted by atomic mass is 16.5. The molecular formula is C10H8O2. The Hall–Kier alpha value is -1.75. The number of benzene rings is 1. The summed E-state index contributed by atoms with van der Waals surface area (Å²) in [4.78, 5) is 11.0. The molecule has 0 saturated carbocycles. The molecule has 0 unspecified atom stereocenters. The Morgan fingerprint density at radius 3 is 2.92 bits per heavy atom. The highest BCUT2D eigenvalue weighted by Crippen LogP contribution is 2.04. The second kappa shape index (κ2) is 3.59. The van der Waals surface area contributed by atoms with Crippen molar-refractivity contribution in [2.75, 3.05) is 7.11 Å². The zero-order valence-corrected chi connectivity index (χ0v) is 6.70. The number of hydrogen-bond donors (Lipinski definition) is 0. The molecule has 0 spiro atoms. The summed E-state index contributed by atoms with van der Waals surface area (Å²) >= 11 is 0. The molecule has 0 fully saturated rings. The van der Waals surface area contributed by atoms with Crippen molar-refractivity contribution in [2.45, 2.75) is 0 Å². The molecule has 1 aromatic carbocycles. The van der Waals surface area contributed by atoms with Crippen molar-refractivity contribution in [3.05, 3.63) is 35.4 Å². The molecule has 0 radical (unpaired) electrons. The molecule has 0 saturated heterocycles. The molecule has 60 valence electrons. The standard InChI is InChI=1S/C10H8O2/c1-3-8-5-4-6-9(7-8)10(11)12-2/h1,4-7H,2H3. The van der Waals surface area contributed by atoms with Crippen LogP contribution in [0.4, 0.5) is 0 Å². The van der Waals surface area contributed by atoms with E-state index in [-0.39, 0.29) is 5.97 Å². The van der Waals surface area contributed by atoms with Gasteiger partial charge in [0.1, 0.15) is 0 Å². The van der Waals surface area contributed by atoms with Gasteiger partial charge in [0.05, 0.1) is 12.7 Å². The maximum absolute atomic E-state index is 11.0. The first-order chi connectivity index (χ1) is 5.77. The lowest BCUT2D eigenvalue weighted by Crippen LogP contribution is -2.00. The van der Waals surface area contributed by atoms with Crippen LogP contribution in [0.5, 0.6) is 0 Å². The van der Waals surface area contributed by atoms with E-state index in [9.17, 15) is 4.79 Å². The van der Waals surface area contributed by atoms with Gasteiger partial charge in [-0.25, -0.2) is 4.79 Å². The largest absolute Gasteiger partial charge is 0.465 e. The summed E-state index contributed by atoms with van der Waals surface area (Å²) in [6.45, 7) is 0. The molecule has 1 aromatic rings. The number of ether oxygens (including phenoxy) is 1. The normalized spacial score (nSPS) is 8.67. The summed E-state index contributed by atoms with van der Waals surface area (Å²) in [5.41, 5.74) is 1.16. The molecule has 12 heavy (non-hydrogen) atoms. The molecular weight excluding hydrogens is 152 g/mol. The van der Waals surface area contributed by atoms with E-state index >= 15 is 0 Å². The van der Waals surface area contributed by atoms with Gasteiger partial charge in [-0.3, -0.25) is 0 Å². The lowest BCUT2D eigenvalue weighted by atomic mass is 10.1. The topological polar surface area (TPSA) is 26.3 Å². The molecule has 0 aliphatic rings. The Balaban J connectivity index is 3.04. The van der Waals surface area contributed by atoms with E-state index in [1.807, 2.05) is 0 Å². The van der Waals surface area contributed by atoms with Crippen LogP contribution in [0.25, 0.3) is 0 Å². The lowest BCUT2D eigenvalue weighted by Gasteiger charge is -1.98. The van der Waals surface area contributed by atoms with E-state index in [1.54, 1.807) is 24.3 Å². The molecule has 0 N–H and O–H groups in total. The predicted octanol–water partition coefficient (Wildman–Crippen LogP) is 1.45. The highest BCUT2D eigenvalue weighted by Gasteiger charge is 2.03. The number of hydrogen-bond acceptors (Lipinski definition) is 2. The quantitative estimate of drug-likeness (QED) is 0.459. The zero-order valence-electron chi connectivity index (χ0n) is 6.70. The monoisotopic (exact) mass is 160 g/mol. The summed E-state index contributed by atoms with van der Waals surface area (Å²) in [5.74, 6) is 2.07. The minimum Gasteiger partial charge on any atom is -0.465 e. The lowest BCUT2D eigenvalue weighted by molar-refractivity contribution is 0.0600. The maximum atomic E-state index is 11.0. The van der Waals surface area contributed by atoms with Gasteiger partial charge in [0, 0.05) is 5.56 Å². The molecule has 0 bridgehead atoms. The highest BCUT2D eigenvalue weighted by molar-refractivity contribution is 5.89. The first-order valence-corrected chi connectivity index (χ1v) is 3.43. The van der Waals surface area contributed by atoms with Crippen LogP contribution in [0.15, 0.2) is 24.3 Å². The summed E-state index contributed by atoms with van der Waals surface area (Å²) in [7, 11) is 1.34. The zero-order chi connectivity index (χ0) is 8.97. The van der Waals surface area contributed by atoms with Crippen LogP contribution in [-0.4, -0.2) is 13.1 Å². The average Bonchev–Trinajstić information content (AvgIpc) is 2.17. The Kier molecular flexibility index (Phi) is 2.49. The summed E-state index contributed by atoms with van der Waals surface area (Å²) in [6, 6.07) is 6.76. The summed E-state index contributed by atoms with van der Waals surface area (Å²) in [5, 5.41) is 0. The van der Waals surface area contributed by atoms with Crippen molar-refractivity contribution in [3.63, 3.8) is 0 Å². The van der Waals surface area contributed by atoms with Gasteiger partial charge < -0.3 is 4.74 Å². The molecule has 0 amide bonds. The van der Waals surface area contributed by atoms with E-state index in [0.29, 0.717) is 11.1 Å². The molecule has 2 heteroatoms. The number of carbonyl (C=O) groups is 1. The van der Waals surface area contributed by atoms with E-state index in [4.69, 9.17) is 6.42 Å². The number of rotatable bonds is 1. The minimum absolute atomic E-state index is 0.368. The SMILES string of the molecule is C#Cc1cccc(C(=O)OC)c1. The Morgan fingerprint density at radius 1 is 1.58 bits per heavy atom. The van der Waals surface area contributed by atoms with Gasteiger partial charge in [-0.2, -0.15) is 0 Å². The van der Waals surface area contributed by atoms with Crippen molar-refractivity contribution in [2.24, 2.45) is 0 Å². The smallest absolute Gasteiger partial charge is 0.337 e. The van der Waals surface area contributed by atoms with Gasteiger partial charge in [-0.05, 0) is 18.2 Å². The third kappa shape index (κ3) is 1.64. The molecule has 0 aromatic heterocycles. The minimum atomic E-state index is -0.368. The van der Waals surface area contributed by atoms with E-state index in [0.717, 1.165) is 0 Å². The fraction of sp³-hybridized carbons (Fsp3) is 0.100. The number of esters is 1. The second-order valence-corrected chi connectivity index (χ2v) is 2.22. The molecule has 0 aliphatic carbocycles. The Morgan fingerprint density at radius 2 is 2.33 bits per heavy atom. The molecule has 0 atom stereocenters. The number of terminal acetylenes is 1. The van der Waals surface area contributed by atoms with Gasteiger partial charge in [0.15, 0.2) is 0 Å². The summed E-state index contributed by atoms with van der Waals surface area (Å²) in [6.07, 6.45) is 5.16. The fourth-order valence-corrected chi connectivity index (χ4v) is 0.854. The van der Waals surface area contributed by atoms with Crippen molar-refractivity contribution in [1.82, 2.24) is 0 Å². The van der Waals surface area contributed by atoms with Crippen molar-refractivity contribution < 1.29 is 9.53 Å². The van der Waals surface area contributed by atoms with Crippen molar-refractivity contribution in [1.29, 1.82) is 0 Å². The fourth-order valence-electron chi connectivity index (χ4n) is 0.854. The van der Waals surface area contributed by atoms with Crippen LogP contribution in [0.3, 0.4) is 0 Å². The van der Waals surface area contributed by atoms with Crippen LogP contribution >= 0.6 is 0 Å². The van der Waals surface area contributed by atoms with Gasteiger partial charge in [0.2, 0.25) is 0 Å². The third-order valence-corrected chi connectivity index (χ3v) is 1.45. The van der Waals surface area contributed by atoms with Gasteiger partial charge in [0.25, 0.3) is 0 Å². The number of methoxy groups -OCH3 is 1. The average molecular weight is 160 g/mol. The van der Waals surface area contributed by atoms with E-state index in [1.165, 1.54) is 7.11 Å².